The molecule has 0 amide bonds. The van der Waals surface area contributed by atoms with Gasteiger partial charge in [-0.15, -0.1) is 0 Å². The summed E-state index contributed by atoms with van der Waals surface area (Å²) in [7, 11) is -4.69. The van der Waals surface area contributed by atoms with Crippen LogP contribution in [0.15, 0.2) is 103 Å². The van der Waals surface area contributed by atoms with Crippen LogP contribution in [0.4, 0.5) is 13.2 Å². The number of rotatable bonds is 19. The minimum atomic E-state index is -5.97. The lowest BCUT2D eigenvalue weighted by Crippen LogP contribution is -2.28. The van der Waals surface area contributed by atoms with E-state index < -0.39 is 45.2 Å². The molecular formula is C45H43F3O13S. The van der Waals surface area contributed by atoms with E-state index in [0.29, 0.717) is 30.1 Å². The van der Waals surface area contributed by atoms with Crippen molar-refractivity contribution in [1.29, 1.82) is 0 Å². The van der Waals surface area contributed by atoms with Gasteiger partial charge in [-0.1, -0.05) is 48.6 Å². The second-order valence-corrected chi connectivity index (χ2v) is 15.3. The lowest BCUT2D eigenvalue weighted by molar-refractivity contribution is -0.132. The van der Waals surface area contributed by atoms with Crippen LogP contribution in [0.5, 0.6) is 34.5 Å². The third-order valence-corrected chi connectivity index (χ3v) is 9.97. The minimum absolute atomic E-state index is 0.0499. The number of hydrogen-bond donors (Lipinski definition) is 0. The van der Waals surface area contributed by atoms with Crippen molar-refractivity contribution in [2.24, 2.45) is 0 Å². The molecule has 62 heavy (non-hydrogen) atoms. The molecule has 17 heteroatoms. The summed E-state index contributed by atoms with van der Waals surface area (Å²) < 4.78 is 100. The zero-order valence-corrected chi connectivity index (χ0v) is 34.7. The molecule has 0 bridgehead atoms. The molecule has 1 saturated heterocycles. The number of esters is 2. The van der Waals surface area contributed by atoms with Crippen LogP contribution in [0.2, 0.25) is 0 Å². The Morgan fingerprint density at radius 3 is 2.05 bits per heavy atom. The highest BCUT2D eigenvalue weighted by Gasteiger charge is 2.48. The highest BCUT2D eigenvalue weighted by Crippen LogP contribution is 2.39. The first-order valence-corrected chi connectivity index (χ1v) is 20.7. The maximum absolute atomic E-state index is 13.9. The molecule has 1 aliphatic rings. The summed E-state index contributed by atoms with van der Waals surface area (Å²) in [5.41, 5.74) is -4.07. The third-order valence-electron chi connectivity index (χ3n) is 8.99. The number of carbonyl (C=O) groups excluding carboxylic acids is 4. The number of halogens is 3. The monoisotopic (exact) mass is 880 g/mol. The number of methoxy groups -OCH3 is 1. The van der Waals surface area contributed by atoms with Gasteiger partial charge in [0.25, 0.3) is 0 Å². The Bertz CT molecular complexity index is 2370. The van der Waals surface area contributed by atoms with Crippen molar-refractivity contribution in [2.45, 2.75) is 70.3 Å². The lowest BCUT2D eigenvalue weighted by Gasteiger charge is -2.23. The Labute approximate surface area is 356 Å². The van der Waals surface area contributed by atoms with Gasteiger partial charge in [-0.05, 0) is 84.5 Å². The van der Waals surface area contributed by atoms with E-state index >= 15 is 0 Å². The zero-order chi connectivity index (χ0) is 44.9. The Hall–Kier alpha value is -6.46. The van der Waals surface area contributed by atoms with Gasteiger partial charge in [0.1, 0.15) is 46.2 Å². The molecule has 13 nitrogen and oxygen atoms in total. The predicted molar refractivity (Wildman–Crippen MR) is 219 cm³/mol. The van der Waals surface area contributed by atoms with Gasteiger partial charge in [0.15, 0.2) is 17.9 Å². The molecule has 5 rings (SSSR count). The topological polar surface area (TPSA) is 167 Å². The first-order valence-electron chi connectivity index (χ1n) is 19.2. The molecule has 0 aromatic heterocycles. The van der Waals surface area contributed by atoms with Crippen molar-refractivity contribution in [3.8, 4) is 34.5 Å². The van der Waals surface area contributed by atoms with E-state index in [4.69, 9.17) is 28.4 Å². The smallest absolute Gasteiger partial charge is 0.496 e. The molecule has 0 aliphatic carbocycles. The van der Waals surface area contributed by atoms with Crippen LogP contribution in [0.3, 0.4) is 0 Å². The number of allylic oxidation sites excluding steroid dienone is 2. The van der Waals surface area contributed by atoms with Crippen LogP contribution in [-0.2, 0) is 35.7 Å². The SMILES string of the molecule is COc1cc(OC(C)=O)cc(OC(CC=CC(=O)CCc2ccc(OC3CCCCO3)cc2)c2ccc(OS(=O)(=O)C(F)(F)F)cc2)c1C(=O)C=Cc1ccc(OC(C)=O)cc1. The molecule has 4 aromatic rings. The summed E-state index contributed by atoms with van der Waals surface area (Å²) in [6.45, 7) is 3.07. The summed E-state index contributed by atoms with van der Waals surface area (Å²) in [5.74, 6) is -2.00. The van der Waals surface area contributed by atoms with Crippen molar-refractivity contribution >= 4 is 39.7 Å². The average molecular weight is 881 g/mol. The molecule has 2 unspecified atom stereocenters. The molecule has 0 N–H and O–H groups in total. The second-order valence-electron chi connectivity index (χ2n) is 13.8. The van der Waals surface area contributed by atoms with Crippen LogP contribution in [0.25, 0.3) is 6.08 Å². The van der Waals surface area contributed by atoms with Gasteiger partial charge in [0.05, 0.1) is 13.7 Å². The van der Waals surface area contributed by atoms with Crippen molar-refractivity contribution in [1.82, 2.24) is 0 Å². The number of ether oxygens (including phenoxy) is 6. The third kappa shape index (κ3) is 13.8. The quantitative estimate of drug-likeness (QED) is 0.0219. The maximum atomic E-state index is 13.9. The molecule has 1 heterocycles. The number of hydrogen-bond acceptors (Lipinski definition) is 13. The summed E-state index contributed by atoms with van der Waals surface area (Å²) in [5, 5.41) is 0. The van der Waals surface area contributed by atoms with Crippen molar-refractivity contribution in [3.05, 3.63) is 125 Å². The highest BCUT2D eigenvalue weighted by molar-refractivity contribution is 7.88. The van der Waals surface area contributed by atoms with Crippen LogP contribution in [0.1, 0.15) is 79.1 Å². The van der Waals surface area contributed by atoms with Gasteiger partial charge in [-0.3, -0.25) is 19.2 Å². The van der Waals surface area contributed by atoms with Gasteiger partial charge in [-0.25, -0.2) is 0 Å². The van der Waals surface area contributed by atoms with Crippen LogP contribution >= 0.6 is 0 Å². The van der Waals surface area contributed by atoms with Crippen LogP contribution < -0.4 is 27.9 Å². The predicted octanol–water partition coefficient (Wildman–Crippen LogP) is 8.84. The van der Waals surface area contributed by atoms with E-state index in [-0.39, 0.29) is 53.3 Å². The summed E-state index contributed by atoms with van der Waals surface area (Å²) in [4.78, 5) is 50.2. The van der Waals surface area contributed by atoms with Gasteiger partial charge < -0.3 is 32.6 Å². The zero-order valence-electron chi connectivity index (χ0n) is 33.8. The minimum Gasteiger partial charge on any atom is -0.496 e. The van der Waals surface area contributed by atoms with E-state index in [2.05, 4.69) is 4.18 Å². The van der Waals surface area contributed by atoms with E-state index in [1.807, 2.05) is 24.3 Å². The molecule has 1 fully saturated rings. The van der Waals surface area contributed by atoms with Crippen molar-refractivity contribution in [2.75, 3.05) is 13.7 Å². The normalized spacial score (nSPS) is 14.8. The number of aryl methyl sites for hydroxylation is 1. The van der Waals surface area contributed by atoms with Crippen molar-refractivity contribution < 1.29 is 73.4 Å². The number of benzene rings is 4. The number of ketones is 2. The average Bonchev–Trinajstić information content (AvgIpc) is 3.22. The van der Waals surface area contributed by atoms with E-state index in [0.717, 1.165) is 43.9 Å². The van der Waals surface area contributed by atoms with E-state index in [1.54, 1.807) is 12.1 Å². The summed E-state index contributed by atoms with van der Waals surface area (Å²) in [6.07, 6.45) is 7.54. The fraction of sp³-hybridized carbons (Fsp3) is 0.289. The van der Waals surface area contributed by atoms with Gasteiger partial charge in [-0.2, -0.15) is 21.6 Å². The largest absolute Gasteiger partial charge is 0.534 e. The summed E-state index contributed by atoms with van der Waals surface area (Å²) >= 11 is 0. The fourth-order valence-corrected chi connectivity index (χ4v) is 6.50. The first-order chi connectivity index (χ1) is 29.5. The Morgan fingerprint density at radius 2 is 1.44 bits per heavy atom. The molecule has 1 aliphatic heterocycles. The highest BCUT2D eigenvalue weighted by atomic mass is 32.2. The Kier molecular flexibility index (Phi) is 16.1. The van der Waals surface area contributed by atoms with Gasteiger partial charge in [0, 0.05) is 45.2 Å². The van der Waals surface area contributed by atoms with E-state index in [1.165, 1.54) is 74.7 Å². The molecular weight excluding hydrogens is 838 g/mol. The maximum Gasteiger partial charge on any atom is 0.534 e. The molecule has 4 aromatic carbocycles. The molecule has 2 atom stereocenters. The molecule has 0 radical (unpaired) electrons. The summed E-state index contributed by atoms with van der Waals surface area (Å²) in [6, 6.07) is 20.7. The van der Waals surface area contributed by atoms with E-state index in [9.17, 15) is 40.8 Å². The van der Waals surface area contributed by atoms with Crippen molar-refractivity contribution in [3.63, 3.8) is 0 Å². The molecule has 328 valence electrons. The lowest BCUT2D eigenvalue weighted by atomic mass is 10.0. The first kappa shape index (κ1) is 46.6. The Balaban J connectivity index is 1.40. The Morgan fingerprint density at radius 1 is 0.806 bits per heavy atom. The van der Waals surface area contributed by atoms with Crippen LogP contribution in [0, 0.1) is 0 Å². The number of alkyl halides is 3. The van der Waals surface area contributed by atoms with Gasteiger partial charge in [0.2, 0.25) is 0 Å². The number of carbonyl (C=O) groups is 4. The fourth-order valence-electron chi connectivity index (χ4n) is 6.04. The van der Waals surface area contributed by atoms with Crippen LogP contribution in [-0.4, -0.2) is 57.4 Å². The molecule has 0 spiro atoms. The van der Waals surface area contributed by atoms with Gasteiger partial charge >= 0.3 is 27.6 Å². The standard InChI is InChI=1S/C45H43F3O13S/c1-29(49)57-35-19-11-32(12-20-35)15-25-39(52)44-41(55-3)27-38(58-30(2)50)28-42(44)60-40(33-16-23-37(24-17-33)61-62(53,54)45(46,47)48)8-6-7-34(51)18-10-31-13-21-36(22-14-31)59-43-9-4-5-26-56-43/h6-7,11-17,19-25,27-28,40,43H,4-5,8-10,18,26H2,1-3H3. The molecule has 0 saturated carbocycles. The second kappa shape index (κ2) is 21.4.